The molecule has 138 valence electrons. The molecule has 23 heavy (non-hydrogen) atoms. The van der Waals surface area contributed by atoms with Crippen molar-refractivity contribution in [1.29, 1.82) is 0 Å². The van der Waals surface area contributed by atoms with Crippen LogP contribution in [0, 0.1) is 0 Å². The molecule has 0 saturated carbocycles. The molecule has 0 fully saturated rings. The minimum Gasteiger partial charge on any atom is -0.467 e. The highest BCUT2D eigenvalue weighted by Crippen LogP contribution is 2.14. The predicted octanol–water partition coefficient (Wildman–Crippen LogP) is 4.94. The van der Waals surface area contributed by atoms with Gasteiger partial charge in [0.1, 0.15) is 6.23 Å². The molecule has 0 aromatic rings. The van der Waals surface area contributed by atoms with Crippen LogP contribution in [0.1, 0.15) is 97.3 Å². The first-order valence-corrected chi connectivity index (χ1v) is 9.60. The molecule has 0 heterocycles. The Labute approximate surface area is 143 Å². The molecule has 0 radical (unpaired) electrons. The van der Waals surface area contributed by atoms with Crippen molar-refractivity contribution in [3.05, 3.63) is 0 Å². The van der Waals surface area contributed by atoms with Crippen LogP contribution in [0.2, 0.25) is 0 Å². The van der Waals surface area contributed by atoms with Gasteiger partial charge in [-0.1, -0.05) is 84.0 Å². The summed E-state index contributed by atoms with van der Waals surface area (Å²) >= 11 is 0. The molecule has 0 aromatic carbocycles. The molecule has 0 saturated heterocycles. The molecule has 2 N–H and O–H groups in total. The van der Waals surface area contributed by atoms with Crippen LogP contribution in [0.4, 0.5) is 0 Å². The maximum absolute atomic E-state index is 11.6. The molecule has 0 spiro atoms. The van der Waals surface area contributed by atoms with Gasteiger partial charge in [-0.15, -0.1) is 0 Å². The molecule has 0 aliphatic heterocycles. The molecule has 0 rings (SSSR count). The first-order chi connectivity index (χ1) is 11.1. The highest BCUT2D eigenvalue weighted by atomic mass is 16.6. The second-order valence-corrected chi connectivity index (χ2v) is 6.53. The van der Waals surface area contributed by atoms with Crippen LogP contribution in [-0.4, -0.2) is 25.4 Å². The van der Waals surface area contributed by atoms with Gasteiger partial charge in [0.25, 0.3) is 0 Å². The summed E-state index contributed by atoms with van der Waals surface area (Å²) < 4.78 is 10.2. The van der Waals surface area contributed by atoms with Gasteiger partial charge in [-0.2, -0.15) is 0 Å². The topological polar surface area (TPSA) is 61.5 Å². The van der Waals surface area contributed by atoms with E-state index in [1.54, 1.807) is 6.92 Å². The van der Waals surface area contributed by atoms with E-state index in [-0.39, 0.29) is 5.97 Å². The van der Waals surface area contributed by atoms with E-state index < -0.39 is 12.3 Å². The number of hydrogen-bond donors (Lipinski definition) is 1. The lowest BCUT2D eigenvalue weighted by molar-refractivity contribution is -0.157. The standard InChI is InChI=1S/C19H39NO3/c1-4-5-6-7-8-9-10-11-12-13-14-15-16-18(19(21)22-3)23-17(2)20/h17-18H,4-16,20H2,1-3H3. The second-order valence-electron chi connectivity index (χ2n) is 6.53. The van der Waals surface area contributed by atoms with E-state index in [0.29, 0.717) is 6.42 Å². The highest BCUT2D eigenvalue weighted by Gasteiger charge is 2.20. The Morgan fingerprint density at radius 2 is 1.30 bits per heavy atom. The summed E-state index contributed by atoms with van der Waals surface area (Å²) in [5, 5.41) is 0. The van der Waals surface area contributed by atoms with Crippen molar-refractivity contribution in [3.63, 3.8) is 0 Å². The third-order valence-electron chi connectivity index (χ3n) is 4.16. The molecular weight excluding hydrogens is 290 g/mol. The monoisotopic (exact) mass is 329 g/mol. The molecule has 4 heteroatoms. The van der Waals surface area contributed by atoms with Crippen LogP contribution in [0.15, 0.2) is 0 Å². The van der Waals surface area contributed by atoms with Crippen molar-refractivity contribution in [2.45, 2.75) is 110 Å². The van der Waals surface area contributed by atoms with Crippen molar-refractivity contribution in [2.75, 3.05) is 7.11 Å². The smallest absolute Gasteiger partial charge is 0.335 e. The van der Waals surface area contributed by atoms with E-state index in [0.717, 1.165) is 12.8 Å². The third-order valence-corrected chi connectivity index (χ3v) is 4.16. The van der Waals surface area contributed by atoms with Gasteiger partial charge in [0, 0.05) is 0 Å². The van der Waals surface area contributed by atoms with Crippen LogP contribution in [0.25, 0.3) is 0 Å². The molecule has 4 nitrogen and oxygen atoms in total. The summed E-state index contributed by atoms with van der Waals surface area (Å²) in [5.41, 5.74) is 5.59. The minimum absolute atomic E-state index is 0.314. The van der Waals surface area contributed by atoms with Gasteiger partial charge in [0.15, 0.2) is 6.10 Å². The van der Waals surface area contributed by atoms with Crippen LogP contribution >= 0.6 is 0 Å². The largest absolute Gasteiger partial charge is 0.467 e. The van der Waals surface area contributed by atoms with Crippen LogP contribution < -0.4 is 5.73 Å². The summed E-state index contributed by atoms with van der Waals surface area (Å²) in [6, 6.07) is 0. The summed E-state index contributed by atoms with van der Waals surface area (Å²) in [6.45, 7) is 3.99. The SMILES string of the molecule is CCCCCCCCCCCCCCC(OC(C)N)C(=O)OC. The fourth-order valence-corrected chi connectivity index (χ4v) is 2.80. The first-order valence-electron chi connectivity index (χ1n) is 9.60. The van der Waals surface area contributed by atoms with E-state index in [1.807, 2.05) is 0 Å². The van der Waals surface area contributed by atoms with Gasteiger partial charge in [0.05, 0.1) is 7.11 Å². The van der Waals surface area contributed by atoms with Gasteiger partial charge < -0.3 is 15.2 Å². The summed E-state index contributed by atoms with van der Waals surface area (Å²) in [5.74, 6) is -0.314. The van der Waals surface area contributed by atoms with Crippen molar-refractivity contribution >= 4 is 5.97 Å². The molecule has 0 aromatic heterocycles. The normalized spacial score (nSPS) is 13.7. The quantitative estimate of drug-likeness (QED) is 0.247. The van der Waals surface area contributed by atoms with Gasteiger partial charge in [-0.3, -0.25) is 0 Å². The Morgan fingerprint density at radius 3 is 1.70 bits per heavy atom. The Balaban J connectivity index is 3.44. The molecule has 0 bridgehead atoms. The lowest BCUT2D eigenvalue weighted by atomic mass is 10.0. The number of carbonyl (C=O) groups excluding carboxylic acids is 1. The number of nitrogens with two attached hydrogens (primary N) is 1. The fraction of sp³-hybridized carbons (Fsp3) is 0.947. The highest BCUT2D eigenvalue weighted by molar-refractivity contribution is 5.74. The number of hydrogen-bond acceptors (Lipinski definition) is 4. The number of methoxy groups -OCH3 is 1. The summed E-state index contributed by atoms with van der Waals surface area (Å²) in [6.07, 6.45) is 15.4. The maximum atomic E-state index is 11.6. The number of rotatable bonds is 16. The Bertz CT molecular complexity index is 269. The first kappa shape index (κ1) is 22.4. The third kappa shape index (κ3) is 14.7. The number of esters is 1. The minimum atomic E-state index is -0.511. The Hall–Kier alpha value is -0.610. The van der Waals surface area contributed by atoms with Gasteiger partial charge in [-0.05, 0) is 13.3 Å². The van der Waals surface area contributed by atoms with E-state index in [1.165, 1.54) is 71.3 Å². The Morgan fingerprint density at radius 1 is 0.870 bits per heavy atom. The average Bonchev–Trinajstić information content (AvgIpc) is 2.53. The van der Waals surface area contributed by atoms with Crippen molar-refractivity contribution in [1.82, 2.24) is 0 Å². The zero-order valence-corrected chi connectivity index (χ0v) is 15.6. The molecule has 2 atom stereocenters. The van der Waals surface area contributed by atoms with Crippen molar-refractivity contribution in [3.8, 4) is 0 Å². The van der Waals surface area contributed by atoms with E-state index in [2.05, 4.69) is 6.92 Å². The van der Waals surface area contributed by atoms with E-state index in [4.69, 9.17) is 15.2 Å². The summed E-state index contributed by atoms with van der Waals surface area (Å²) in [4.78, 5) is 11.6. The van der Waals surface area contributed by atoms with E-state index in [9.17, 15) is 4.79 Å². The zero-order chi connectivity index (χ0) is 17.3. The molecule has 0 aliphatic carbocycles. The van der Waals surface area contributed by atoms with Gasteiger partial charge >= 0.3 is 5.97 Å². The lowest BCUT2D eigenvalue weighted by Crippen LogP contribution is -2.33. The van der Waals surface area contributed by atoms with E-state index >= 15 is 0 Å². The van der Waals surface area contributed by atoms with Gasteiger partial charge in [-0.25, -0.2) is 4.79 Å². The lowest BCUT2D eigenvalue weighted by Gasteiger charge is -2.17. The van der Waals surface area contributed by atoms with Crippen LogP contribution in [0.3, 0.4) is 0 Å². The molecule has 2 unspecified atom stereocenters. The van der Waals surface area contributed by atoms with Gasteiger partial charge in [0.2, 0.25) is 0 Å². The number of unbranched alkanes of at least 4 members (excludes halogenated alkanes) is 11. The fourth-order valence-electron chi connectivity index (χ4n) is 2.80. The maximum Gasteiger partial charge on any atom is 0.335 e. The number of carbonyl (C=O) groups is 1. The van der Waals surface area contributed by atoms with Crippen LogP contribution in [-0.2, 0) is 14.3 Å². The zero-order valence-electron chi connectivity index (χ0n) is 15.6. The molecule has 0 amide bonds. The van der Waals surface area contributed by atoms with Crippen molar-refractivity contribution < 1.29 is 14.3 Å². The molecular formula is C19H39NO3. The second kappa shape index (κ2) is 16.3. The van der Waals surface area contributed by atoms with Crippen molar-refractivity contribution in [2.24, 2.45) is 5.73 Å². The Kier molecular flexibility index (Phi) is 15.8. The predicted molar refractivity (Wildman–Crippen MR) is 96.2 cm³/mol. The summed E-state index contributed by atoms with van der Waals surface area (Å²) in [7, 11) is 1.39. The van der Waals surface area contributed by atoms with Crippen LogP contribution in [0.5, 0.6) is 0 Å². The average molecular weight is 330 g/mol. The number of ether oxygens (including phenoxy) is 2. The molecule has 0 aliphatic rings.